The van der Waals surface area contributed by atoms with E-state index in [0.717, 1.165) is 18.4 Å². The molecule has 5 nitrogen and oxygen atoms in total. The van der Waals surface area contributed by atoms with Crippen LogP contribution in [0.2, 0.25) is 0 Å². The summed E-state index contributed by atoms with van der Waals surface area (Å²) < 4.78 is 35.6. The minimum absolute atomic E-state index is 0.0728. The molecule has 0 amide bonds. The van der Waals surface area contributed by atoms with Crippen LogP contribution in [0, 0.1) is 5.92 Å². The third-order valence-electron chi connectivity index (χ3n) is 4.25. The van der Waals surface area contributed by atoms with Gasteiger partial charge in [-0.25, -0.2) is 0 Å². The maximum atomic E-state index is 12.8. The SMILES string of the molecule is C[C@@H]1CN(S(=O)(=O)N[C@@H](c2ccccc2)C2CC2)C[C@H](C)O1. The molecule has 0 radical (unpaired) electrons. The van der Waals surface area contributed by atoms with Gasteiger partial charge in [-0.05, 0) is 38.2 Å². The van der Waals surface area contributed by atoms with Gasteiger partial charge >= 0.3 is 0 Å². The van der Waals surface area contributed by atoms with E-state index in [2.05, 4.69) is 4.72 Å². The number of nitrogens with zero attached hydrogens (tertiary/aromatic N) is 1. The van der Waals surface area contributed by atoms with Gasteiger partial charge < -0.3 is 4.74 Å². The Kier molecular flexibility index (Phi) is 4.54. The van der Waals surface area contributed by atoms with Gasteiger partial charge in [0.15, 0.2) is 0 Å². The number of rotatable bonds is 5. The number of hydrogen-bond donors (Lipinski definition) is 1. The Morgan fingerprint density at radius 2 is 1.73 bits per heavy atom. The summed E-state index contributed by atoms with van der Waals surface area (Å²) in [5, 5.41) is 0. The van der Waals surface area contributed by atoms with Crippen molar-refractivity contribution in [2.24, 2.45) is 5.92 Å². The normalized spacial score (nSPS) is 28.5. The molecule has 1 aliphatic carbocycles. The standard InChI is InChI=1S/C16H24N2O3S/c1-12-10-18(11-13(2)21-12)22(19,20)17-16(15-8-9-15)14-6-4-3-5-7-14/h3-7,12-13,15-17H,8-11H2,1-2H3/t12-,13+,16-/m0/s1. The summed E-state index contributed by atoms with van der Waals surface area (Å²) in [6.07, 6.45) is 2.02. The van der Waals surface area contributed by atoms with E-state index in [1.165, 1.54) is 4.31 Å². The second-order valence-electron chi connectivity index (χ2n) is 6.42. The van der Waals surface area contributed by atoms with Gasteiger partial charge in [0, 0.05) is 13.1 Å². The topological polar surface area (TPSA) is 58.6 Å². The molecule has 1 saturated carbocycles. The van der Waals surface area contributed by atoms with Gasteiger partial charge in [-0.3, -0.25) is 0 Å². The molecule has 0 bridgehead atoms. The highest BCUT2D eigenvalue weighted by atomic mass is 32.2. The van der Waals surface area contributed by atoms with Crippen molar-refractivity contribution in [1.82, 2.24) is 9.03 Å². The molecule has 22 heavy (non-hydrogen) atoms. The summed E-state index contributed by atoms with van der Waals surface area (Å²) >= 11 is 0. The largest absolute Gasteiger partial charge is 0.373 e. The smallest absolute Gasteiger partial charge is 0.280 e. The molecule has 3 atom stereocenters. The average Bonchev–Trinajstić information content (AvgIpc) is 3.29. The van der Waals surface area contributed by atoms with Crippen molar-refractivity contribution < 1.29 is 13.2 Å². The van der Waals surface area contributed by atoms with E-state index < -0.39 is 10.2 Å². The van der Waals surface area contributed by atoms with Crippen molar-refractivity contribution in [3.05, 3.63) is 35.9 Å². The Hall–Kier alpha value is -0.950. The zero-order valence-corrected chi connectivity index (χ0v) is 13.9. The summed E-state index contributed by atoms with van der Waals surface area (Å²) in [5.41, 5.74) is 1.04. The lowest BCUT2D eigenvalue weighted by Crippen LogP contribution is -2.52. The quantitative estimate of drug-likeness (QED) is 0.902. The van der Waals surface area contributed by atoms with Crippen molar-refractivity contribution in [3.8, 4) is 0 Å². The van der Waals surface area contributed by atoms with Gasteiger partial charge in [-0.1, -0.05) is 30.3 Å². The summed E-state index contributed by atoms with van der Waals surface area (Å²) in [4.78, 5) is 0. The summed E-state index contributed by atoms with van der Waals surface area (Å²) in [5.74, 6) is 0.410. The molecule has 0 aromatic heterocycles. The highest BCUT2D eigenvalue weighted by Crippen LogP contribution is 2.41. The first-order chi connectivity index (χ1) is 10.5. The molecule has 3 rings (SSSR count). The fourth-order valence-corrected chi connectivity index (χ4v) is 4.70. The number of hydrogen-bond acceptors (Lipinski definition) is 3. The molecule has 1 aromatic rings. The van der Waals surface area contributed by atoms with Gasteiger partial charge in [0.05, 0.1) is 18.2 Å². The third kappa shape index (κ3) is 3.68. The molecule has 1 aromatic carbocycles. The van der Waals surface area contributed by atoms with E-state index in [1.807, 2.05) is 44.2 Å². The van der Waals surface area contributed by atoms with Crippen molar-refractivity contribution >= 4 is 10.2 Å². The molecule has 0 unspecified atom stereocenters. The number of morpholine rings is 1. The molecule has 122 valence electrons. The average molecular weight is 324 g/mol. The maximum absolute atomic E-state index is 12.8. The zero-order chi connectivity index (χ0) is 15.7. The van der Waals surface area contributed by atoms with Crippen LogP contribution in [-0.4, -0.2) is 38.0 Å². The Morgan fingerprint density at radius 3 is 2.27 bits per heavy atom. The van der Waals surface area contributed by atoms with Gasteiger partial charge in [0.2, 0.25) is 0 Å². The predicted octanol–water partition coefficient (Wildman–Crippen LogP) is 2.08. The first kappa shape index (κ1) is 15.9. The van der Waals surface area contributed by atoms with Gasteiger partial charge in [0.1, 0.15) is 0 Å². The minimum Gasteiger partial charge on any atom is -0.373 e. The van der Waals surface area contributed by atoms with Crippen molar-refractivity contribution in [2.75, 3.05) is 13.1 Å². The van der Waals surface area contributed by atoms with Crippen LogP contribution >= 0.6 is 0 Å². The van der Waals surface area contributed by atoms with Crippen LogP contribution in [0.1, 0.15) is 38.3 Å². The van der Waals surface area contributed by atoms with Crippen molar-refractivity contribution in [1.29, 1.82) is 0 Å². The first-order valence-electron chi connectivity index (χ1n) is 7.93. The van der Waals surface area contributed by atoms with Crippen LogP contribution in [-0.2, 0) is 14.9 Å². The molecular formula is C16H24N2O3S. The second kappa shape index (κ2) is 6.28. The van der Waals surface area contributed by atoms with E-state index in [4.69, 9.17) is 4.74 Å². The maximum Gasteiger partial charge on any atom is 0.280 e. The molecule has 1 aliphatic heterocycles. The minimum atomic E-state index is -3.50. The molecule has 2 fully saturated rings. The van der Waals surface area contributed by atoms with E-state index in [0.29, 0.717) is 19.0 Å². The molecule has 1 saturated heterocycles. The second-order valence-corrected chi connectivity index (χ2v) is 8.13. The summed E-state index contributed by atoms with van der Waals surface area (Å²) in [6, 6.07) is 9.73. The van der Waals surface area contributed by atoms with E-state index in [1.54, 1.807) is 0 Å². The van der Waals surface area contributed by atoms with Gasteiger partial charge in [0.25, 0.3) is 10.2 Å². The number of benzene rings is 1. The van der Waals surface area contributed by atoms with Crippen LogP contribution in [0.15, 0.2) is 30.3 Å². The van der Waals surface area contributed by atoms with E-state index in [9.17, 15) is 8.42 Å². The fraction of sp³-hybridized carbons (Fsp3) is 0.625. The highest BCUT2D eigenvalue weighted by molar-refractivity contribution is 7.87. The van der Waals surface area contributed by atoms with Crippen molar-refractivity contribution in [2.45, 2.75) is 44.9 Å². The monoisotopic (exact) mass is 324 g/mol. The Bertz CT molecular complexity index is 591. The number of nitrogens with one attached hydrogen (secondary N) is 1. The predicted molar refractivity (Wildman–Crippen MR) is 85.5 cm³/mol. The van der Waals surface area contributed by atoms with Gasteiger partial charge in [-0.15, -0.1) is 0 Å². The lowest BCUT2D eigenvalue weighted by Gasteiger charge is -2.35. The fourth-order valence-electron chi connectivity index (χ4n) is 3.09. The Balaban J connectivity index is 1.77. The van der Waals surface area contributed by atoms with Crippen LogP contribution in [0.4, 0.5) is 0 Å². The van der Waals surface area contributed by atoms with Crippen LogP contribution < -0.4 is 4.72 Å². The van der Waals surface area contributed by atoms with E-state index >= 15 is 0 Å². The van der Waals surface area contributed by atoms with Crippen LogP contribution in [0.5, 0.6) is 0 Å². The highest BCUT2D eigenvalue weighted by Gasteiger charge is 2.38. The zero-order valence-electron chi connectivity index (χ0n) is 13.1. The molecule has 0 spiro atoms. The molecular weight excluding hydrogens is 300 g/mol. The van der Waals surface area contributed by atoms with Crippen LogP contribution in [0.3, 0.4) is 0 Å². The number of ether oxygens (including phenoxy) is 1. The first-order valence-corrected chi connectivity index (χ1v) is 9.37. The lowest BCUT2D eigenvalue weighted by molar-refractivity contribution is -0.0444. The Labute approximate surface area is 132 Å². The van der Waals surface area contributed by atoms with Gasteiger partial charge in [-0.2, -0.15) is 17.4 Å². The summed E-state index contributed by atoms with van der Waals surface area (Å²) in [6.45, 7) is 4.64. The van der Waals surface area contributed by atoms with Crippen molar-refractivity contribution in [3.63, 3.8) is 0 Å². The Morgan fingerprint density at radius 1 is 1.14 bits per heavy atom. The molecule has 6 heteroatoms. The molecule has 2 aliphatic rings. The van der Waals surface area contributed by atoms with Crippen LogP contribution in [0.25, 0.3) is 0 Å². The van der Waals surface area contributed by atoms with E-state index in [-0.39, 0.29) is 18.2 Å². The lowest BCUT2D eigenvalue weighted by atomic mass is 10.0. The summed E-state index contributed by atoms with van der Waals surface area (Å²) in [7, 11) is -3.50. The third-order valence-corrected chi connectivity index (χ3v) is 5.78. The molecule has 1 N–H and O–H groups in total. The molecule has 1 heterocycles.